The third kappa shape index (κ3) is 7.44. The van der Waals surface area contributed by atoms with Gasteiger partial charge in [0.15, 0.2) is 0 Å². The van der Waals surface area contributed by atoms with Crippen molar-refractivity contribution in [1.82, 2.24) is 14.5 Å². The first-order chi connectivity index (χ1) is 16.1. The number of ether oxygens (including phenoxy) is 3. The van der Waals surface area contributed by atoms with Crippen LogP contribution in [-0.2, 0) is 37.4 Å². The van der Waals surface area contributed by atoms with Gasteiger partial charge in [0.2, 0.25) is 15.9 Å². The van der Waals surface area contributed by atoms with Crippen molar-refractivity contribution in [2.45, 2.75) is 18.0 Å². The van der Waals surface area contributed by atoms with E-state index in [4.69, 9.17) is 14.2 Å². The van der Waals surface area contributed by atoms with Crippen LogP contribution in [0.5, 0.6) is 11.5 Å². The second-order valence-corrected chi connectivity index (χ2v) is 9.73. The molecule has 0 aliphatic carbocycles. The van der Waals surface area contributed by atoms with E-state index >= 15 is 0 Å². The molecule has 0 aromatic heterocycles. The third-order valence-electron chi connectivity index (χ3n) is 4.97. The number of amides is 1. The third-order valence-corrected chi connectivity index (χ3v) is 6.89. The summed E-state index contributed by atoms with van der Waals surface area (Å²) in [6.07, 6.45) is 0. The predicted octanol–water partition coefficient (Wildman–Crippen LogP) is 1.25. The average molecular weight is 494 g/mol. The lowest BCUT2D eigenvalue weighted by Gasteiger charge is -2.21. The Balaban J connectivity index is 2.15. The molecule has 0 aliphatic heterocycles. The van der Waals surface area contributed by atoms with Gasteiger partial charge < -0.3 is 19.5 Å². The molecule has 11 heteroatoms. The fourth-order valence-electron chi connectivity index (χ4n) is 3.18. The maximum Gasteiger partial charge on any atom is 0.319 e. The number of carbonyl (C=O) groups excluding carboxylic acids is 2. The topological polar surface area (TPSA) is 114 Å². The number of benzene rings is 2. The fraction of sp³-hybridized carbons (Fsp3) is 0.391. The van der Waals surface area contributed by atoms with Gasteiger partial charge in [-0.2, -0.15) is 0 Å². The van der Waals surface area contributed by atoms with Crippen LogP contribution in [0.2, 0.25) is 0 Å². The van der Waals surface area contributed by atoms with Gasteiger partial charge in [0.1, 0.15) is 11.5 Å². The Bertz CT molecular complexity index is 1080. The minimum atomic E-state index is -3.67. The molecular formula is C23H31N3O7S. The van der Waals surface area contributed by atoms with E-state index in [-0.39, 0.29) is 37.0 Å². The molecule has 0 radical (unpaired) electrons. The van der Waals surface area contributed by atoms with Gasteiger partial charge in [-0.15, -0.1) is 0 Å². The van der Waals surface area contributed by atoms with Crippen LogP contribution in [0.15, 0.2) is 47.4 Å². The van der Waals surface area contributed by atoms with Gasteiger partial charge in [0.25, 0.3) is 0 Å². The standard InChI is InChI=1S/C23H31N3O7S/c1-25(2)34(29,30)21-9-7-6-8-18(21)13-24-22(27)15-26(16-23(28)33-5)14-17-10-19(31-3)12-20(11-17)32-4/h6-12H,13-16H2,1-5H3,(H,24,27). The molecule has 34 heavy (non-hydrogen) atoms. The van der Waals surface area contributed by atoms with E-state index < -0.39 is 16.0 Å². The lowest BCUT2D eigenvalue weighted by molar-refractivity contribution is -0.142. The molecule has 0 heterocycles. The normalized spacial score (nSPS) is 11.4. The minimum absolute atomic E-state index is 0.0150. The van der Waals surface area contributed by atoms with Crippen LogP contribution in [0.3, 0.4) is 0 Å². The number of methoxy groups -OCH3 is 3. The van der Waals surface area contributed by atoms with E-state index in [2.05, 4.69) is 5.32 Å². The van der Waals surface area contributed by atoms with Crippen LogP contribution >= 0.6 is 0 Å². The minimum Gasteiger partial charge on any atom is -0.497 e. The SMILES string of the molecule is COC(=O)CN(CC(=O)NCc1ccccc1S(=O)(=O)N(C)C)Cc1cc(OC)cc(OC)c1. The number of nitrogens with one attached hydrogen (secondary N) is 1. The number of sulfonamides is 1. The van der Waals surface area contributed by atoms with Crippen LogP contribution in [0.4, 0.5) is 0 Å². The molecule has 186 valence electrons. The summed E-state index contributed by atoms with van der Waals surface area (Å²) in [5.41, 5.74) is 1.23. The maximum atomic E-state index is 12.7. The van der Waals surface area contributed by atoms with Crippen molar-refractivity contribution in [2.75, 3.05) is 48.5 Å². The monoisotopic (exact) mass is 493 g/mol. The highest BCUT2D eigenvalue weighted by molar-refractivity contribution is 7.89. The molecule has 0 saturated carbocycles. The van der Waals surface area contributed by atoms with Gasteiger partial charge >= 0.3 is 5.97 Å². The molecule has 0 spiro atoms. The van der Waals surface area contributed by atoms with Gasteiger partial charge in [-0.3, -0.25) is 14.5 Å². The molecule has 0 unspecified atom stereocenters. The number of hydrogen-bond donors (Lipinski definition) is 1. The van der Waals surface area contributed by atoms with Crippen molar-refractivity contribution in [1.29, 1.82) is 0 Å². The number of esters is 1. The Morgan fingerprint density at radius 3 is 2.12 bits per heavy atom. The summed E-state index contributed by atoms with van der Waals surface area (Å²) in [6.45, 7) is 0.0368. The summed E-state index contributed by atoms with van der Waals surface area (Å²) in [5.74, 6) is 0.284. The van der Waals surface area contributed by atoms with Crippen molar-refractivity contribution in [2.24, 2.45) is 0 Å². The summed E-state index contributed by atoms with van der Waals surface area (Å²) in [7, 11) is 3.57. The van der Waals surface area contributed by atoms with Gasteiger partial charge in [0, 0.05) is 33.3 Å². The fourth-order valence-corrected chi connectivity index (χ4v) is 4.30. The summed E-state index contributed by atoms with van der Waals surface area (Å²) in [6, 6.07) is 11.8. The molecule has 2 aromatic carbocycles. The number of hydrogen-bond acceptors (Lipinski definition) is 8. The summed E-state index contributed by atoms with van der Waals surface area (Å²) in [5, 5.41) is 2.74. The molecule has 0 bridgehead atoms. The molecule has 0 fully saturated rings. The van der Waals surface area contributed by atoms with Crippen LogP contribution in [0.1, 0.15) is 11.1 Å². The zero-order chi connectivity index (χ0) is 25.3. The first kappa shape index (κ1) is 27.1. The Hall–Kier alpha value is -3.15. The van der Waals surface area contributed by atoms with Crippen molar-refractivity contribution in [3.63, 3.8) is 0 Å². The van der Waals surface area contributed by atoms with Crippen LogP contribution in [0.25, 0.3) is 0 Å². The van der Waals surface area contributed by atoms with E-state index in [0.29, 0.717) is 17.1 Å². The molecule has 0 saturated heterocycles. The van der Waals surface area contributed by atoms with E-state index in [9.17, 15) is 18.0 Å². The highest BCUT2D eigenvalue weighted by atomic mass is 32.2. The highest BCUT2D eigenvalue weighted by Crippen LogP contribution is 2.23. The smallest absolute Gasteiger partial charge is 0.319 e. The van der Waals surface area contributed by atoms with Gasteiger partial charge in [-0.05, 0) is 29.3 Å². The number of rotatable bonds is 12. The Morgan fingerprint density at radius 2 is 1.56 bits per heavy atom. The quantitative estimate of drug-likeness (QED) is 0.440. The van der Waals surface area contributed by atoms with Gasteiger partial charge in [-0.25, -0.2) is 12.7 Å². The first-order valence-electron chi connectivity index (χ1n) is 10.4. The summed E-state index contributed by atoms with van der Waals surface area (Å²) < 4.78 is 41.6. The molecule has 0 aliphatic rings. The van der Waals surface area contributed by atoms with Crippen LogP contribution < -0.4 is 14.8 Å². The maximum absolute atomic E-state index is 12.7. The zero-order valence-corrected chi connectivity index (χ0v) is 20.8. The van der Waals surface area contributed by atoms with Crippen molar-refractivity contribution < 1.29 is 32.2 Å². The average Bonchev–Trinajstić information content (AvgIpc) is 2.82. The molecule has 10 nitrogen and oxygen atoms in total. The largest absolute Gasteiger partial charge is 0.497 e. The molecule has 2 rings (SSSR count). The predicted molar refractivity (Wildman–Crippen MR) is 126 cm³/mol. The first-order valence-corrected chi connectivity index (χ1v) is 11.8. The molecule has 1 N–H and O–H groups in total. The second-order valence-electron chi connectivity index (χ2n) is 7.61. The zero-order valence-electron chi connectivity index (χ0n) is 20.0. The highest BCUT2D eigenvalue weighted by Gasteiger charge is 2.21. The van der Waals surface area contributed by atoms with Crippen molar-refractivity contribution >= 4 is 21.9 Å². The van der Waals surface area contributed by atoms with Crippen LogP contribution in [0, 0.1) is 0 Å². The lowest BCUT2D eigenvalue weighted by Crippen LogP contribution is -2.39. The van der Waals surface area contributed by atoms with Crippen molar-refractivity contribution in [3.05, 3.63) is 53.6 Å². The van der Waals surface area contributed by atoms with Gasteiger partial charge in [0.05, 0.1) is 39.3 Å². The molecule has 0 atom stereocenters. The van der Waals surface area contributed by atoms with Crippen molar-refractivity contribution in [3.8, 4) is 11.5 Å². The van der Waals surface area contributed by atoms with Gasteiger partial charge in [-0.1, -0.05) is 18.2 Å². The van der Waals surface area contributed by atoms with E-state index in [1.807, 2.05) is 0 Å². The Labute approximate surface area is 200 Å². The molecule has 2 aromatic rings. The lowest BCUT2D eigenvalue weighted by atomic mass is 10.2. The van der Waals surface area contributed by atoms with E-state index in [1.165, 1.54) is 41.5 Å². The van der Waals surface area contributed by atoms with Crippen LogP contribution in [-0.4, -0.2) is 78.0 Å². The number of carbonyl (C=O) groups is 2. The molecule has 1 amide bonds. The second kappa shape index (κ2) is 12.4. The Morgan fingerprint density at radius 1 is 0.941 bits per heavy atom. The molecular weight excluding hydrogens is 462 g/mol. The number of nitrogens with zero attached hydrogens (tertiary/aromatic N) is 2. The van der Waals surface area contributed by atoms with E-state index in [1.54, 1.807) is 41.3 Å². The van der Waals surface area contributed by atoms with E-state index in [0.717, 1.165) is 9.87 Å². The summed E-state index contributed by atoms with van der Waals surface area (Å²) in [4.78, 5) is 26.4. The summed E-state index contributed by atoms with van der Waals surface area (Å²) >= 11 is 0. The Kier molecular flexibility index (Phi) is 9.84.